The van der Waals surface area contributed by atoms with Gasteiger partial charge >= 0.3 is 0 Å². The summed E-state index contributed by atoms with van der Waals surface area (Å²) < 4.78 is 23.7. The highest BCUT2D eigenvalue weighted by atomic mass is 19.1. The van der Waals surface area contributed by atoms with Gasteiger partial charge in [-0.25, -0.2) is 4.39 Å². The van der Waals surface area contributed by atoms with Crippen molar-refractivity contribution in [3.8, 4) is 5.75 Å². The van der Waals surface area contributed by atoms with E-state index >= 15 is 0 Å². The number of rotatable bonds is 5. The quantitative estimate of drug-likeness (QED) is 0.784. The molecule has 0 saturated carbocycles. The standard InChI is InChI=1S/C16H15FO3/c1-19-14-9-8-12(10-13(14)17)15(18)16(20-2)11-6-4-3-5-7-11/h3-10,16H,1-2H3. The smallest absolute Gasteiger partial charge is 0.196 e. The third-order valence-electron chi connectivity index (χ3n) is 3.01. The summed E-state index contributed by atoms with van der Waals surface area (Å²) in [6, 6.07) is 13.2. The first-order valence-corrected chi connectivity index (χ1v) is 6.13. The van der Waals surface area contributed by atoms with Crippen molar-refractivity contribution >= 4 is 5.78 Å². The molecule has 0 radical (unpaired) electrons. The molecule has 0 aliphatic heterocycles. The molecule has 1 atom stereocenters. The van der Waals surface area contributed by atoms with Gasteiger partial charge in [0.05, 0.1) is 7.11 Å². The molecule has 3 nitrogen and oxygen atoms in total. The molecule has 0 N–H and O–H groups in total. The maximum absolute atomic E-state index is 13.7. The van der Waals surface area contributed by atoms with Gasteiger partial charge in [-0.2, -0.15) is 0 Å². The fourth-order valence-electron chi connectivity index (χ4n) is 1.99. The highest BCUT2D eigenvalue weighted by Crippen LogP contribution is 2.24. The molecule has 0 amide bonds. The van der Waals surface area contributed by atoms with Crippen molar-refractivity contribution in [1.29, 1.82) is 0 Å². The maximum atomic E-state index is 13.7. The predicted octanol–water partition coefficient (Wildman–Crippen LogP) is 3.40. The van der Waals surface area contributed by atoms with Crippen molar-refractivity contribution in [3.05, 3.63) is 65.5 Å². The second-order valence-corrected chi connectivity index (χ2v) is 4.24. The van der Waals surface area contributed by atoms with E-state index in [2.05, 4.69) is 0 Å². The Bertz CT molecular complexity index is 596. The van der Waals surface area contributed by atoms with Crippen LogP contribution in [-0.4, -0.2) is 20.0 Å². The third-order valence-corrected chi connectivity index (χ3v) is 3.01. The zero-order valence-electron chi connectivity index (χ0n) is 11.3. The summed E-state index contributed by atoms with van der Waals surface area (Å²) in [7, 11) is 2.83. The molecule has 0 aliphatic carbocycles. The van der Waals surface area contributed by atoms with Gasteiger partial charge in [-0.1, -0.05) is 30.3 Å². The van der Waals surface area contributed by atoms with Crippen LogP contribution in [-0.2, 0) is 4.74 Å². The van der Waals surface area contributed by atoms with E-state index in [0.29, 0.717) is 0 Å². The van der Waals surface area contributed by atoms with Gasteiger partial charge < -0.3 is 9.47 Å². The van der Waals surface area contributed by atoms with Gasteiger partial charge in [-0.05, 0) is 23.8 Å². The van der Waals surface area contributed by atoms with E-state index < -0.39 is 11.9 Å². The molecule has 2 aromatic rings. The van der Waals surface area contributed by atoms with E-state index in [0.717, 1.165) is 11.6 Å². The first kappa shape index (κ1) is 14.2. The summed E-state index contributed by atoms with van der Waals surface area (Å²) in [5, 5.41) is 0. The van der Waals surface area contributed by atoms with E-state index in [9.17, 15) is 9.18 Å². The molecule has 0 fully saturated rings. The molecular weight excluding hydrogens is 259 g/mol. The second kappa shape index (κ2) is 6.30. The SMILES string of the molecule is COc1ccc(C(=O)C(OC)c2ccccc2)cc1F. The molecule has 0 saturated heterocycles. The Hall–Kier alpha value is -2.20. The fourth-order valence-corrected chi connectivity index (χ4v) is 1.99. The fraction of sp³-hybridized carbons (Fsp3) is 0.188. The Morgan fingerprint density at radius 1 is 1.10 bits per heavy atom. The van der Waals surface area contributed by atoms with E-state index in [1.807, 2.05) is 18.2 Å². The Balaban J connectivity index is 2.32. The third kappa shape index (κ3) is 2.86. The number of methoxy groups -OCH3 is 2. The molecule has 0 bridgehead atoms. The second-order valence-electron chi connectivity index (χ2n) is 4.24. The van der Waals surface area contributed by atoms with Crippen molar-refractivity contribution in [2.45, 2.75) is 6.10 Å². The molecule has 2 aromatic carbocycles. The van der Waals surface area contributed by atoms with E-state index in [1.165, 1.54) is 26.4 Å². The zero-order chi connectivity index (χ0) is 14.5. The summed E-state index contributed by atoms with van der Waals surface area (Å²) >= 11 is 0. The minimum atomic E-state index is -0.746. The Labute approximate surface area is 117 Å². The molecule has 0 spiro atoms. The van der Waals surface area contributed by atoms with Crippen LogP contribution in [0.2, 0.25) is 0 Å². The van der Waals surface area contributed by atoms with Crippen LogP contribution in [0, 0.1) is 5.82 Å². The van der Waals surface area contributed by atoms with Crippen molar-refractivity contribution in [2.75, 3.05) is 14.2 Å². The number of Topliss-reactive ketones (excluding diaryl/α,β-unsaturated/α-hetero) is 1. The van der Waals surface area contributed by atoms with Crippen molar-refractivity contribution in [3.63, 3.8) is 0 Å². The summed E-state index contributed by atoms with van der Waals surface area (Å²) in [6.45, 7) is 0. The lowest BCUT2D eigenvalue weighted by Crippen LogP contribution is -2.15. The number of hydrogen-bond acceptors (Lipinski definition) is 3. The minimum Gasteiger partial charge on any atom is -0.494 e. The monoisotopic (exact) mass is 274 g/mol. The highest BCUT2D eigenvalue weighted by molar-refractivity contribution is 6.00. The number of carbonyl (C=O) groups excluding carboxylic acids is 1. The zero-order valence-corrected chi connectivity index (χ0v) is 11.3. The van der Waals surface area contributed by atoms with Crippen LogP contribution in [0.3, 0.4) is 0 Å². The Morgan fingerprint density at radius 3 is 2.35 bits per heavy atom. The predicted molar refractivity (Wildman–Crippen MR) is 73.5 cm³/mol. The molecule has 0 aliphatic rings. The number of benzene rings is 2. The average molecular weight is 274 g/mol. The molecule has 2 rings (SSSR count). The van der Waals surface area contributed by atoms with E-state index in [-0.39, 0.29) is 17.1 Å². The summed E-state index contributed by atoms with van der Waals surface area (Å²) in [4.78, 5) is 12.4. The summed E-state index contributed by atoms with van der Waals surface area (Å²) in [6.07, 6.45) is -0.746. The van der Waals surface area contributed by atoms with Crippen LogP contribution in [0.25, 0.3) is 0 Å². The van der Waals surface area contributed by atoms with Crippen LogP contribution in [0.4, 0.5) is 4.39 Å². The number of carbonyl (C=O) groups is 1. The van der Waals surface area contributed by atoms with Gasteiger partial charge in [-0.15, -0.1) is 0 Å². The minimum absolute atomic E-state index is 0.107. The molecule has 0 aromatic heterocycles. The van der Waals surface area contributed by atoms with Crippen LogP contribution < -0.4 is 4.74 Å². The Kier molecular flexibility index (Phi) is 4.48. The van der Waals surface area contributed by atoms with Gasteiger partial charge in [-0.3, -0.25) is 4.79 Å². The molecule has 0 heterocycles. The topological polar surface area (TPSA) is 35.5 Å². The van der Waals surface area contributed by atoms with Crippen LogP contribution in [0.15, 0.2) is 48.5 Å². The van der Waals surface area contributed by atoms with Crippen LogP contribution in [0.1, 0.15) is 22.0 Å². The lowest BCUT2D eigenvalue weighted by Gasteiger charge is -2.15. The molecule has 4 heteroatoms. The molecule has 20 heavy (non-hydrogen) atoms. The maximum Gasteiger partial charge on any atom is 0.196 e. The van der Waals surface area contributed by atoms with Gasteiger partial charge in [0.1, 0.15) is 6.10 Å². The van der Waals surface area contributed by atoms with Crippen LogP contribution in [0.5, 0.6) is 5.75 Å². The van der Waals surface area contributed by atoms with Crippen molar-refractivity contribution in [1.82, 2.24) is 0 Å². The first-order valence-electron chi connectivity index (χ1n) is 6.13. The first-order chi connectivity index (χ1) is 9.67. The summed E-state index contributed by atoms with van der Waals surface area (Å²) in [5.74, 6) is -0.753. The van der Waals surface area contributed by atoms with Crippen molar-refractivity contribution < 1.29 is 18.7 Å². The van der Waals surface area contributed by atoms with Gasteiger partial charge in [0.15, 0.2) is 17.3 Å². The van der Waals surface area contributed by atoms with E-state index in [1.54, 1.807) is 12.1 Å². The normalized spacial score (nSPS) is 11.9. The van der Waals surface area contributed by atoms with E-state index in [4.69, 9.17) is 9.47 Å². The molecule has 104 valence electrons. The average Bonchev–Trinajstić information content (AvgIpc) is 2.49. The van der Waals surface area contributed by atoms with Gasteiger partial charge in [0.2, 0.25) is 0 Å². The number of hydrogen-bond donors (Lipinski definition) is 0. The van der Waals surface area contributed by atoms with Crippen molar-refractivity contribution in [2.24, 2.45) is 0 Å². The lowest BCUT2D eigenvalue weighted by molar-refractivity contribution is 0.0604. The number of halogens is 1. The van der Waals surface area contributed by atoms with Crippen LogP contribution >= 0.6 is 0 Å². The lowest BCUT2D eigenvalue weighted by atomic mass is 9.99. The molecule has 1 unspecified atom stereocenters. The Morgan fingerprint density at radius 2 is 1.80 bits per heavy atom. The molecular formula is C16H15FO3. The highest BCUT2D eigenvalue weighted by Gasteiger charge is 2.22. The van der Waals surface area contributed by atoms with Gasteiger partial charge in [0.25, 0.3) is 0 Å². The van der Waals surface area contributed by atoms with Gasteiger partial charge in [0, 0.05) is 12.7 Å². The summed E-state index contributed by atoms with van der Waals surface area (Å²) in [5.41, 5.74) is 0.982. The number of ketones is 1. The largest absolute Gasteiger partial charge is 0.494 e. The number of ether oxygens (including phenoxy) is 2.